The first kappa shape index (κ1) is 20.4. The molecule has 0 aliphatic carbocycles. The molecular weight excluding hydrogens is 338 g/mol. The third-order valence-electron chi connectivity index (χ3n) is 4.09. The maximum absolute atomic E-state index is 12.3. The Hall–Kier alpha value is -2.92. The molecule has 0 saturated carbocycles. The van der Waals surface area contributed by atoms with Gasteiger partial charge in [-0.2, -0.15) is 0 Å². The van der Waals surface area contributed by atoms with Gasteiger partial charge in [0, 0.05) is 18.2 Å². The van der Waals surface area contributed by atoms with E-state index in [1.807, 2.05) is 48.5 Å². The van der Waals surface area contributed by atoms with Gasteiger partial charge in [0.15, 0.2) is 0 Å². The summed E-state index contributed by atoms with van der Waals surface area (Å²) in [5.41, 5.74) is 3.24. The van der Waals surface area contributed by atoms with E-state index >= 15 is 0 Å². The second-order valence-corrected chi connectivity index (χ2v) is 6.84. The molecule has 27 heavy (non-hydrogen) atoms. The lowest BCUT2D eigenvalue weighted by molar-refractivity contribution is -0.872. The first-order chi connectivity index (χ1) is 13.0. The highest BCUT2D eigenvalue weighted by molar-refractivity contribution is 5.95. The summed E-state index contributed by atoms with van der Waals surface area (Å²) in [5.74, 6) is -0.499. The van der Waals surface area contributed by atoms with Crippen LogP contribution in [0.5, 0.6) is 0 Å². The number of carbonyl (C=O) groups is 2. The normalized spacial score (nSPS) is 12.1. The van der Waals surface area contributed by atoms with E-state index in [0.717, 1.165) is 17.7 Å². The highest BCUT2D eigenvalue weighted by atomic mass is 16.2. The van der Waals surface area contributed by atoms with Crippen LogP contribution < -0.4 is 15.5 Å². The van der Waals surface area contributed by atoms with Crippen molar-refractivity contribution < 1.29 is 14.5 Å². The summed E-state index contributed by atoms with van der Waals surface area (Å²) in [6, 6.07) is 17.0. The molecule has 0 aromatic heterocycles. The van der Waals surface area contributed by atoms with Gasteiger partial charge in [0.2, 0.25) is 11.8 Å². The molecule has 0 aliphatic heterocycles. The number of quaternary nitrogens is 1. The van der Waals surface area contributed by atoms with Crippen molar-refractivity contribution in [1.29, 1.82) is 0 Å². The van der Waals surface area contributed by atoms with Gasteiger partial charge in [-0.25, -0.2) is 0 Å². The Bertz CT molecular complexity index is 785. The average Bonchev–Trinajstić information content (AvgIpc) is 2.65. The van der Waals surface area contributed by atoms with Crippen LogP contribution in [0, 0.1) is 0 Å². The summed E-state index contributed by atoms with van der Waals surface area (Å²) >= 11 is 0. The van der Waals surface area contributed by atoms with Crippen LogP contribution in [0.3, 0.4) is 0 Å². The van der Waals surface area contributed by atoms with Gasteiger partial charge in [-0.1, -0.05) is 54.6 Å². The van der Waals surface area contributed by atoms with Gasteiger partial charge in [0.05, 0.1) is 14.1 Å². The van der Waals surface area contributed by atoms with E-state index in [1.165, 1.54) is 16.5 Å². The van der Waals surface area contributed by atoms with Crippen molar-refractivity contribution >= 4 is 17.9 Å². The number of rotatable bonds is 8. The van der Waals surface area contributed by atoms with Crippen LogP contribution in [0.1, 0.15) is 23.6 Å². The van der Waals surface area contributed by atoms with Crippen LogP contribution in [0.15, 0.2) is 60.7 Å². The molecule has 2 rings (SSSR count). The molecule has 2 aromatic carbocycles. The van der Waals surface area contributed by atoms with Crippen LogP contribution in [0.4, 0.5) is 0 Å². The molecule has 0 aliphatic rings. The Balaban J connectivity index is 1.85. The van der Waals surface area contributed by atoms with E-state index in [2.05, 4.69) is 30.8 Å². The zero-order valence-electron chi connectivity index (χ0n) is 16.2. The SMILES string of the molecule is C[C@H](NC(=O)/C=C/c1ccccc1)C(=O)NCc1ccccc1C[NH+](C)C. The summed E-state index contributed by atoms with van der Waals surface area (Å²) in [7, 11) is 4.19. The molecule has 5 heteroatoms. The number of carbonyl (C=O) groups excluding carboxylic acids is 2. The molecule has 0 saturated heterocycles. The van der Waals surface area contributed by atoms with Gasteiger partial charge in [-0.05, 0) is 24.1 Å². The van der Waals surface area contributed by atoms with Crippen molar-refractivity contribution in [1.82, 2.24) is 10.6 Å². The Morgan fingerprint density at radius 1 is 1.00 bits per heavy atom. The van der Waals surface area contributed by atoms with E-state index in [-0.39, 0.29) is 11.8 Å². The molecule has 142 valence electrons. The summed E-state index contributed by atoms with van der Waals surface area (Å²) in [4.78, 5) is 25.6. The summed E-state index contributed by atoms with van der Waals surface area (Å²) in [5, 5.41) is 5.60. The number of hydrogen-bond acceptors (Lipinski definition) is 2. The maximum Gasteiger partial charge on any atom is 0.244 e. The standard InChI is InChI=1S/C22H27N3O2/c1-17(24-21(26)14-13-18-9-5-4-6-10-18)22(27)23-15-19-11-7-8-12-20(19)16-25(2)3/h4-14,17H,15-16H2,1-3H3,(H,23,27)(H,24,26)/p+1/b14-13+/t17-/m0/s1. The first-order valence-electron chi connectivity index (χ1n) is 9.13. The Morgan fingerprint density at radius 3 is 2.30 bits per heavy atom. The van der Waals surface area contributed by atoms with E-state index in [0.29, 0.717) is 6.54 Å². The fourth-order valence-electron chi connectivity index (χ4n) is 2.68. The lowest BCUT2D eigenvalue weighted by Gasteiger charge is -2.15. The molecule has 5 nitrogen and oxygen atoms in total. The van der Waals surface area contributed by atoms with Gasteiger partial charge >= 0.3 is 0 Å². The second-order valence-electron chi connectivity index (χ2n) is 6.84. The van der Waals surface area contributed by atoms with E-state index in [4.69, 9.17) is 0 Å². The Kier molecular flexibility index (Phi) is 7.77. The largest absolute Gasteiger partial charge is 0.350 e. The van der Waals surface area contributed by atoms with Crippen LogP contribution in [0.2, 0.25) is 0 Å². The van der Waals surface area contributed by atoms with Crippen molar-refractivity contribution in [3.05, 3.63) is 77.4 Å². The van der Waals surface area contributed by atoms with Crippen LogP contribution in [-0.2, 0) is 22.7 Å². The molecule has 2 aromatic rings. The van der Waals surface area contributed by atoms with Crippen molar-refractivity contribution in [2.75, 3.05) is 14.1 Å². The van der Waals surface area contributed by atoms with Crippen molar-refractivity contribution in [3.8, 4) is 0 Å². The third-order valence-corrected chi connectivity index (χ3v) is 4.09. The summed E-state index contributed by atoms with van der Waals surface area (Å²) in [6.07, 6.45) is 3.16. The molecule has 0 spiro atoms. The minimum absolute atomic E-state index is 0.205. The van der Waals surface area contributed by atoms with Gasteiger partial charge < -0.3 is 15.5 Å². The zero-order valence-corrected chi connectivity index (χ0v) is 16.2. The lowest BCUT2D eigenvalue weighted by Crippen LogP contribution is -3.04. The zero-order chi connectivity index (χ0) is 19.6. The number of benzene rings is 2. The lowest BCUT2D eigenvalue weighted by atomic mass is 10.1. The molecule has 0 heterocycles. The number of nitrogens with one attached hydrogen (secondary N) is 3. The maximum atomic E-state index is 12.3. The fraction of sp³-hybridized carbons (Fsp3) is 0.273. The van der Waals surface area contributed by atoms with Gasteiger partial charge in [0.25, 0.3) is 0 Å². The predicted octanol–water partition coefficient (Wildman–Crippen LogP) is 1.17. The van der Waals surface area contributed by atoms with Gasteiger partial charge in [-0.3, -0.25) is 9.59 Å². The minimum atomic E-state index is -0.607. The Labute approximate surface area is 161 Å². The van der Waals surface area contributed by atoms with E-state index < -0.39 is 6.04 Å². The molecular formula is C22H28N3O2+. The van der Waals surface area contributed by atoms with Crippen LogP contribution in [0.25, 0.3) is 6.08 Å². The molecule has 3 N–H and O–H groups in total. The van der Waals surface area contributed by atoms with Crippen molar-refractivity contribution in [3.63, 3.8) is 0 Å². The summed E-state index contributed by atoms with van der Waals surface area (Å²) in [6.45, 7) is 3.02. The second kappa shape index (κ2) is 10.3. The first-order valence-corrected chi connectivity index (χ1v) is 9.13. The quantitative estimate of drug-likeness (QED) is 0.614. The van der Waals surface area contributed by atoms with E-state index in [1.54, 1.807) is 13.0 Å². The van der Waals surface area contributed by atoms with Gasteiger partial charge in [0.1, 0.15) is 12.6 Å². The smallest absolute Gasteiger partial charge is 0.244 e. The Morgan fingerprint density at radius 2 is 1.63 bits per heavy atom. The van der Waals surface area contributed by atoms with Crippen molar-refractivity contribution in [2.24, 2.45) is 0 Å². The number of amides is 2. The predicted molar refractivity (Wildman–Crippen MR) is 108 cm³/mol. The highest BCUT2D eigenvalue weighted by Crippen LogP contribution is 2.07. The molecule has 0 bridgehead atoms. The summed E-state index contributed by atoms with van der Waals surface area (Å²) < 4.78 is 0. The van der Waals surface area contributed by atoms with Crippen LogP contribution >= 0.6 is 0 Å². The molecule has 2 amide bonds. The molecule has 1 atom stereocenters. The topological polar surface area (TPSA) is 62.6 Å². The fourth-order valence-corrected chi connectivity index (χ4v) is 2.68. The highest BCUT2D eigenvalue weighted by Gasteiger charge is 2.15. The third kappa shape index (κ3) is 7.07. The molecule has 0 radical (unpaired) electrons. The average molecular weight is 366 g/mol. The molecule has 0 unspecified atom stereocenters. The van der Waals surface area contributed by atoms with Crippen molar-refractivity contribution in [2.45, 2.75) is 26.1 Å². The molecule has 0 fully saturated rings. The minimum Gasteiger partial charge on any atom is -0.350 e. The monoisotopic (exact) mass is 366 g/mol. The van der Waals surface area contributed by atoms with E-state index in [9.17, 15) is 9.59 Å². The number of hydrogen-bond donors (Lipinski definition) is 3. The van der Waals surface area contributed by atoms with Gasteiger partial charge in [-0.15, -0.1) is 0 Å². The van der Waals surface area contributed by atoms with Crippen LogP contribution in [-0.4, -0.2) is 32.0 Å².